The molecule has 0 amide bonds. The molecule has 1 aromatic carbocycles. The van der Waals surface area contributed by atoms with Crippen molar-refractivity contribution in [2.45, 2.75) is 19.0 Å². The van der Waals surface area contributed by atoms with Crippen molar-refractivity contribution in [3.63, 3.8) is 0 Å². The van der Waals surface area contributed by atoms with Gasteiger partial charge in [-0.15, -0.1) is 0 Å². The quantitative estimate of drug-likeness (QED) is 0.865. The molecule has 2 heterocycles. The molecule has 0 fully saturated rings. The molecular formula is C16H20FN3O. The third-order valence-electron chi connectivity index (χ3n) is 3.99. The summed E-state index contributed by atoms with van der Waals surface area (Å²) in [6.07, 6.45) is 1.87. The second-order valence-corrected chi connectivity index (χ2v) is 5.64. The van der Waals surface area contributed by atoms with Gasteiger partial charge in [0.1, 0.15) is 5.82 Å². The Bertz CT molecular complexity index is 608. The lowest BCUT2D eigenvalue weighted by Crippen LogP contribution is -2.35. The maximum Gasteiger partial charge on any atom is 0.123 e. The molecule has 0 bridgehead atoms. The molecule has 1 aromatic heterocycles. The summed E-state index contributed by atoms with van der Waals surface area (Å²) in [5, 5.41) is 0. The van der Waals surface area contributed by atoms with E-state index < -0.39 is 0 Å². The van der Waals surface area contributed by atoms with Crippen LogP contribution in [0.5, 0.6) is 0 Å². The third-order valence-corrected chi connectivity index (χ3v) is 3.99. The molecule has 0 saturated heterocycles. The standard InChI is InChI=1S/C16H20FN3O/c1-19-11-18-15-9-20(8-13(10-21-2)16(15)19)7-12-3-5-14(17)6-4-12/h3-6,11,13H,7-10H2,1-2H3/t13-/m1/s1. The Morgan fingerprint density at radius 2 is 2.10 bits per heavy atom. The summed E-state index contributed by atoms with van der Waals surface area (Å²) in [6, 6.07) is 6.71. The number of nitrogens with zero attached hydrogens (tertiary/aromatic N) is 3. The highest BCUT2D eigenvalue weighted by Gasteiger charge is 2.28. The molecule has 0 N–H and O–H groups in total. The van der Waals surface area contributed by atoms with Gasteiger partial charge < -0.3 is 9.30 Å². The Labute approximate surface area is 124 Å². The molecule has 0 unspecified atom stereocenters. The average molecular weight is 289 g/mol. The van der Waals surface area contributed by atoms with Crippen LogP contribution in [-0.4, -0.2) is 34.7 Å². The van der Waals surface area contributed by atoms with E-state index in [0.29, 0.717) is 12.5 Å². The zero-order chi connectivity index (χ0) is 14.8. The topological polar surface area (TPSA) is 30.3 Å². The van der Waals surface area contributed by atoms with Crippen molar-refractivity contribution < 1.29 is 9.13 Å². The summed E-state index contributed by atoms with van der Waals surface area (Å²) >= 11 is 0. The molecule has 5 heteroatoms. The van der Waals surface area contributed by atoms with Crippen LogP contribution >= 0.6 is 0 Å². The van der Waals surface area contributed by atoms with Gasteiger partial charge in [0.15, 0.2) is 0 Å². The second kappa shape index (κ2) is 5.95. The second-order valence-electron chi connectivity index (χ2n) is 5.64. The molecule has 1 aliphatic heterocycles. The van der Waals surface area contributed by atoms with Gasteiger partial charge in [0.25, 0.3) is 0 Å². The van der Waals surface area contributed by atoms with Crippen LogP contribution in [0.25, 0.3) is 0 Å². The predicted molar refractivity (Wildman–Crippen MR) is 78.3 cm³/mol. The fourth-order valence-corrected chi connectivity index (χ4v) is 3.11. The monoisotopic (exact) mass is 289 g/mol. The van der Waals surface area contributed by atoms with Crippen molar-refractivity contribution in [2.75, 3.05) is 20.3 Å². The number of halogens is 1. The number of imidazole rings is 1. The summed E-state index contributed by atoms with van der Waals surface area (Å²) in [7, 11) is 3.76. The van der Waals surface area contributed by atoms with Crippen LogP contribution in [-0.2, 0) is 24.9 Å². The van der Waals surface area contributed by atoms with Crippen LogP contribution in [0.4, 0.5) is 4.39 Å². The smallest absolute Gasteiger partial charge is 0.123 e. The number of aromatic nitrogens is 2. The van der Waals surface area contributed by atoms with Crippen LogP contribution in [0.1, 0.15) is 22.9 Å². The van der Waals surface area contributed by atoms with Gasteiger partial charge in [0.05, 0.1) is 18.6 Å². The van der Waals surface area contributed by atoms with Gasteiger partial charge in [-0.1, -0.05) is 12.1 Å². The molecule has 4 nitrogen and oxygen atoms in total. The predicted octanol–water partition coefficient (Wildman–Crippen LogP) is 2.31. The zero-order valence-electron chi connectivity index (χ0n) is 12.4. The first-order valence-electron chi connectivity index (χ1n) is 7.13. The molecule has 0 aliphatic carbocycles. The van der Waals surface area contributed by atoms with E-state index in [-0.39, 0.29) is 5.82 Å². The number of methoxy groups -OCH3 is 1. The molecule has 2 aromatic rings. The third kappa shape index (κ3) is 2.99. The SMILES string of the molecule is COC[C@H]1CN(Cc2ccc(F)cc2)Cc2ncn(C)c21. The first-order valence-corrected chi connectivity index (χ1v) is 7.13. The van der Waals surface area contributed by atoms with Crippen LogP contribution in [0.15, 0.2) is 30.6 Å². The Balaban J connectivity index is 1.78. The van der Waals surface area contributed by atoms with Crippen molar-refractivity contribution in [3.8, 4) is 0 Å². The van der Waals surface area contributed by atoms with Crippen LogP contribution in [0.2, 0.25) is 0 Å². The summed E-state index contributed by atoms with van der Waals surface area (Å²) < 4.78 is 20.4. The fourth-order valence-electron chi connectivity index (χ4n) is 3.11. The summed E-state index contributed by atoms with van der Waals surface area (Å²) in [5.41, 5.74) is 3.51. The van der Waals surface area contributed by atoms with E-state index in [0.717, 1.165) is 30.9 Å². The van der Waals surface area contributed by atoms with Gasteiger partial charge in [-0.2, -0.15) is 0 Å². The van der Waals surface area contributed by atoms with E-state index in [9.17, 15) is 4.39 Å². The van der Waals surface area contributed by atoms with Gasteiger partial charge >= 0.3 is 0 Å². The molecule has 21 heavy (non-hydrogen) atoms. The number of ether oxygens (including phenoxy) is 1. The van der Waals surface area contributed by atoms with Crippen LogP contribution in [0.3, 0.4) is 0 Å². The number of aryl methyl sites for hydroxylation is 1. The van der Waals surface area contributed by atoms with Crippen LogP contribution < -0.4 is 0 Å². The maximum absolute atomic E-state index is 13.0. The maximum atomic E-state index is 13.0. The lowest BCUT2D eigenvalue weighted by molar-refractivity contribution is 0.132. The normalized spacial score (nSPS) is 18.7. The van der Waals surface area contributed by atoms with Gasteiger partial charge in [0.2, 0.25) is 0 Å². The van der Waals surface area contributed by atoms with E-state index in [1.807, 2.05) is 25.5 Å². The number of rotatable bonds is 4. The van der Waals surface area contributed by atoms with Crippen molar-refractivity contribution in [1.29, 1.82) is 0 Å². The molecular weight excluding hydrogens is 269 g/mol. The lowest BCUT2D eigenvalue weighted by atomic mass is 9.98. The van der Waals surface area contributed by atoms with E-state index in [4.69, 9.17) is 4.74 Å². The van der Waals surface area contributed by atoms with E-state index in [2.05, 4.69) is 14.5 Å². The molecule has 0 saturated carbocycles. The van der Waals surface area contributed by atoms with Gasteiger partial charge in [-0.05, 0) is 17.7 Å². The number of fused-ring (bicyclic) bond motifs is 1. The van der Waals surface area contributed by atoms with Gasteiger partial charge in [-0.25, -0.2) is 9.37 Å². The zero-order valence-corrected chi connectivity index (χ0v) is 12.4. The van der Waals surface area contributed by atoms with E-state index in [1.54, 1.807) is 7.11 Å². The average Bonchev–Trinajstić information content (AvgIpc) is 2.83. The molecule has 1 atom stereocenters. The highest BCUT2D eigenvalue weighted by Crippen LogP contribution is 2.28. The van der Waals surface area contributed by atoms with Crippen LogP contribution in [0, 0.1) is 5.82 Å². The van der Waals surface area contributed by atoms with Crippen molar-refractivity contribution in [1.82, 2.24) is 14.5 Å². The van der Waals surface area contributed by atoms with Gasteiger partial charge in [0, 0.05) is 45.4 Å². The van der Waals surface area contributed by atoms with Crippen molar-refractivity contribution in [3.05, 3.63) is 53.4 Å². The van der Waals surface area contributed by atoms with E-state index >= 15 is 0 Å². The molecule has 112 valence electrons. The van der Waals surface area contributed by atoms with Crippen molar-refractivity contribution >= 4 is 0 Å². The fraction of sp³-hybridized carbons (Fsp3) is 0.438. The molecule has 1 aliphatic rings. The Hall–Kier alpha value is -1.72. The Morgan fingerprint density at radius 1 is 1.33 bits per heavy atom. The summed E-state index contributed by atoms with van der Waals surface area (Å²) in [4.78, 5) is 6.84. The lowest BCUT2D eigenvalue weighted by Gasteiger charge is -2.32. The Morgan fingerprint density at radius 3 is 2.81 bits per heavy atom. The summed E-state index contributed by atoms with van der Waals surface area (Å²) in [6.45, 7) is 3.24. The molecule has 3 rings (SSSR count). The molecule has 0 radical (unpaired) electrons. The van der Waals surface area contributed by atoms with Crippen molar-refractivity contribution in [2.24, 2.45) is 7.05 Å². The number of benzene rings is 1. The van der Waals surface area contributed by atoms with Gasteiger partial charge in [-0.3, -0.25) is 4.90 Å². The minimum Gasteiger partial charge on any atom is -0.384 e. The highest BCUT2D eigenvalue weighted by molar-refractivity contribution is 5.23. The summed E-state index contributed by atoms with van der Waals surface area (Å²) in [5.74, 6) is 0.133. The number of hydrogen-bond acceptors (Lipinski definition) is 3. The number of hydrogen-bond donors (Lipinski definition) is 0. The minimum absolute atomic E-state index is 0.193. The van der Waals surface area contributed by atoms with E-state index in [1.165, 1.54) is 17.8 Å². The highest BCUT2D eigenvalue weighted by atomic mass is 19.1. The Kier molecular flexibility index (Phi) is 4.03. The first-order chi connectivity index (χ1) is 10.2. The largest absolute Gasteiger partial charge is 0.384 e. The first kappa shape index (κ1) is 14.2. The minimum atomic E-state index is -0.193. The molecule has 0 spiro atoms.